The summed E-state index contributed by atoms with van der Waals surface area (Å²) in [4.78, 5) is 26.0. The predicted octanol–water partition coefficient (Wildman–Crippen LogP) is 3.68. The fourth-order valence-electron chi connectivity index (χ4n) is 3.82. The van der Waals surface area contributed by atoms with Gasteiger partial charge in [-0.3, -0.25) is 0 Å². The van der Waals surface area contributed by atoms with Crippen molar-refractivity contribution in [2.75, 3.05) is 19.7 Å². The summed E-state index contributed by atoms with van der Waals surface area (Å²) in [5.74, 6) is 0. The highest BCUT2D eigenvalue weighted by Crippen LogP contribution is 2.31. The van der Waals surface area contributed by atoms with Crippen molar-refractivity contribution in [1.29, 1.82) is 0 Å². The van der Waals surface area contributed by atoms with Gasteiger partial charge in [-0.05, 0) is 17.5 Å². The van der Waals surface area contributed by atoms with Crippen LogP contribution in [0.1, 0.15) is 30.0 Å². The number of benzene rings is 2. The van der Waals surface area contributed by atoms with Crippen molar-refractivity contribution >= 4 is 12.2 Å². The van der Waals surface area contributed by atoms with E-state index in [-0.39, 0.29) is 18.7 Å². The molecule has 2 aliphatic rings. The molecule has 2 heterocycles. The Balaban J connectivity index is 1.42. The van der Waals surface area contributed by atoms with Gasteiger partial charge in [0.15, 0.2) is 5.60 Å². The van der Waals surface area contributed by atoms with E-state index >= 15 is 0 Å². The second kappa shape index (κ2) is 7.92. The summed E-state index contributed by atoms with van der Waals surface area (Å²) in [5, 5.41) is 3.19. The van der Waals surface area contributed by atoms with E-state index in [1.807, 2.05) is 48.5 Å². The molecule has 1 atom stereocenters. The lowest BCUT2D eigenvalue weighted by Crippen LogP contribution is -2.51. The summed E-state index contributed by atoms with van der Waals surface area (Å²) in [5.41, 5.74) is 1.69. The van der Waals surface area contributed by atoms with Crippen LogP contribution < -0.4 is 5.32 Å². The van der Waals surface area contributed by atoms with E-state index < -0.39 is 11.8 Å². The molecular weight excluding hydrogens is 356 g/mol. The van der Waals surface area contributed by atoms with Crippen LogP contribution in [0, 0.1) is 0 Å². The standard InChI is InChI=1S/C22H24N2O4/c25-20(24-13-11-22(12-14-24)16-27-21(26)28-22)23-19(18-9-5-2-6-10-18)15-17-7-3-1-4-8-17/h1-10,19H,11-16H2,(H,23,25)/t19-/m0/s1. The number of rotatable bonds is 4. The van der Waals surface area contributed by atoms with Crippen LogP contribution in [0.2, 0.25) is 0 Å². The van der Waals surface area contributed by atoms with E-state index in [1.54, 1.807) is 4.90 Å². The zero-order chi connectivity index (χ0) is 19.4. The Morgan fingerprint density at radius 3 is 2.29 bits per heavy atom. The maximum Gasteiger partial charge on any atom is 0.509 e. The average molecular weight is 380 g/mol. The fraction of sp³-hybridized carbons (Fsp3) is 0.364. The van der Waals surface area contributed by atoms with Gasteiger partial charge in [0, 0.05) is 25.9 Å². The first-order valence-corrected chi connectivity index (χ1v) is 9.64. The van der Waals surface area contributed by atoms with Gasteiger partial charge in [-0.1, -0.05) is 60.7 Å². The number of nitrogens with one attached hydrogen (secondary N) is 1. The normalized spacial score (nSPS) is 19.0. The molecule has 1 N–H and O–H groups in total. The highest BCUT2D eigenvalue weighted by molar-refractivity contribution is 5.75. The molecule has 2 aliphatic heterocycles. The van der Waals surface area contributed by atoms with Crippen LogP contribution in [0.25, 0.3) is 0 Å². The maximum absolute atomic E-state index is 12.9. The van der Waals surface area contributed by atoms with Crippen LogP contribution in [-0.2, 0) is 15.9 Å². The lowest BCUT2D eigenvalue weighted by atomic mass is 9.92. The first kappa shape index (κ1) is 18.3. The Hall–Kier alpha value is -3.02. The van der Waals surface area contributed by atoms with Gasteiger partial charge in [0.2, 0.25) is 0 Å². The Bertz CT molecular complexity index is 817. The van der Waals surface area contributed by atoms with Crippen LogP contribution in [0.4, 0.5) is 9.59 Å². The molecule has 0 saturated carbocycles. The second-order valence-electron chi connectivity index (χ2n) is 7.41. The molecule has 0 aliphatic carbocycles. The van der Waals surface area contributed by atoms with E-state index in [2.05, 4.69) is 17.4 Å². The minimum Gasteiger partial charge on any atom is -0.430 e. The van der Waals surface area contributed by atoms with Gasteiger partial charge in [-0.15, -0.1) is 0 Å². The van der Waals surface area contributed by atoms with Crippen molar-refractivity contribution in [1.82, 2.24) is 10.2 Å². The van der Waals surface area contributed by atoms with E-state index in [0.29, 0.717) is 25.9 Å². The third-order valence-corrected chi connectivity index (χ3v) is 5.50. The average Bonchev–Trinajstić information content (AvgIpc) is 3.09. The minimum atomic E-state index is -0.607. The van der Waals surface area contributed by atoms with Crippen LogP contribution in [0.15, 0.2) is 60.7 Å². The number of nitrogens with zero attached hydrogens (tertiary/aromatic N) is 1. The monoisotopic (exact) mass is 380 g/mol. The smallest absolute Gasteiger partial charge is 0.430 e. The number of hydrogen-bond donors (Lipinski definition) is 1. The predicted molar refractivity (Wildman–Crippen MR) is 104 cm³/mol. The number of piperidine rings is 1. The topological polar surface area (TPSA) is 67.9 Å². The van der Waals surface area contributed by atoms with Gasteiger partial charge in [-0.25, -0.2) is 9.59 Å². The summed E-state index contributed by atoms with van der Waals surface area (Å²) in [6.07, 6.45) is 1.31. The fourth-order valence-corrected chi connectivity index (χ4v) is 3.82. The molecule has 1 spiro atoms. The SMILES string of the molecule is O=C1OCC2(CCN(C(=O)N[C@@H](Cc3ccccc3)c3ccccc3)CC2)O1. The van der Waals surface area contributed by atoms with Gasteiger partial charge in [-0.2, -0.15) is 0 Å². The lowest BCUT2D eigenvalue weighted by Gasteiger charge is -2.37. The quantitative estimate of drug-likeness (QED) is 0.822. The Labute approximate surface area is 164 Å². The molecule has 2 amide bonds. The van der Waals surface area contributed by atoms with E-state index in [0.717, 1.165) is 12.0 Å². The second-order valence-corrected chi connectivity index (χ2v) is 7.41. The van der Waals surface area contributed by atoms with E-state index in [4.69, 9.17) is 9.47 Å². The minimum absolute atomic E-state index is 0.0927. The van der Waals surface area contributed by atoms with Crippen molar-refractivity contribution in [3.05, 3.63) is 71.8 Å². The van der Waals surface area contributed by atoms with Gasteiger partial charge < -0.3 is 19.7 Å². The Morgan fingerprint density at radius 1 is 1.04 bits per heavy atom. The van der Waals surface area contributed by atoms with Crippen molar-refractivity contribution in [2.24, 2.45) is 0 Å². The first-order valence-electron chi connectivity index (χ1n) is 9.64. The van der Waals surface area contributed by atoms with Crippen LogP contribution in [0.3, 0.4) is 0 Å². The van der Waals surface area contributed by atoms with Crippen molar-refractivity contribution < 1.29 is 19.1 Å². The van der Waals surface area contributed by atoms with Gasteiger partial charge in [0.05, 0.1) is 6.04 Å². The zero-order valence-electron chi connectivity index (χ0n) is 15.7. The lowest BCUT2D eigenvalue weighted by molar-refractivity contribution is 0.00912. The van der Waals surface area contributed by atoms with Crippen LogP contribution >= 0.6 is 0 Å². The molecule has 4 rings (SSSR count). The number of ether oxygens (including phenoxy) is 2. The van der Waals surface area contributed by atoms with Crippen molar-refractivity contribution in [3.8, 4) is 0 Å². The Kier molecular flexibility index (Phi) is 5.19. The third kappa shape index (κ3) is 4.11. The number of carbonyl (C=O) groups excluding carboxylic acids is 2. The number of cyclic esters (lactones) is 1. The zero-order valence-corrected chi connectivity index (χ0v) is 15.7. The number of amides is 2. The summed E-state index contributed by atoms with van der Waals surface area (Å²) in [6, 6.07) is 20.0. The summed E-state index contributed by atoms with van der Waals surface area (Å²) < 4.78 is 10.3. The first-order chi connectivity index (χ1) is 13.6. The molecule has 0 bridgehead atoms. The molecule has 2 aromatic carbocycles. The van der Waals surface area contributed by atoms with Crippen molar-refractivity contribution in [3.63, 3.8) is 0 Å². The summed E-state index contributed by atoms with van der Waals surface area (Å²) >= 11 is 0. The molecular formula is C22H24N2O4. The largest absolute Gasteiger partial charge is 0.509 e. The van der Waals surface area contributed by atoms with E-state index in [1.165, 1.54) is 5.56 Å². The van der Waals surface area contributed by atoms with Gasteiger partial charge >= 0.3 is 12.2 Å². The third-order valence-electron chi connectivity index (χ3n) is 5.50. The van der Waals surface area contributed by atoms with Crippen LogP contribution in [0.5, 0.6) is 0 Å². The molecule has 0 unspecified atom stereocenters. The summed E-state index contributed by atoms with van der Waals surface area (Å²) in [7, 11) is 0. The molecule has 146 valence electrons. The molecule has 2 fully saturated rings. The van der Waals surface area contributed by atoms with E-state index in [9.17, 15) is 9.59 Å². The molecule has 0 radical (unpaired) electrons. The van der Waals surface area contributed by atoms with Crippen molar-refractivity contribution in [2.45, 2.75) is 30.9 Å². The molecule has 2 aromatic rings. The highest BCUT2D eigenvalue weighted by Gasteiger charge is 2.45. The van der Waals surface area contributed by atoms with Gasteiger partial charge in [0.25, 0.3) is 0 Å². The number of urea groups is 1. The molecule has 28 heavy (non-hydrogen) atoms. The number of hydrogen-bond acceptors (Lipinski definition) is 4. The number of carbonyl (C=O) groups is 2. The summed E-state index contributed by atoms with van der Waals surface area (Å²) in [6.45, 7) is 1.35. The maximum atomic E-state index is 12.9. The molecule has 6 nitrogen and oxygen atoms in total. The van der Waals surface area contributed by atoms with Gasteiger partial charge in [0.1, 0.15) is 6.61 Å². The molecule has 6 heteroatoms. The molecule has 2 saturated heterocycles. The van der Waals surface area contributed by atoms with Crippen LogP contribution in [-0.4, -0.2) is 42.4 Å². The Morgan fingerprint density at radius 2 is 1.68 bits per heavy atom. The highest BCUT2D eigenvalue weighted by atomic mass is 16.8. The molecule has 0 aromatic heterocycles. The number of likely N-dealkylation sites (tertiary alicyclic amines) is 1.